The average molecular weight is 180 g/mol. The lowest BCUT2D eigenvalue weighted by atomic mass is 10.0. The maximum absolute atomic E-state index is 5.55. The first-order valence-electron chi connectivity index (χ1n) is 4.47. The molecule has 0 aliphatic heterocycles. The summed E-state index contributed by atoms with van der Waals surface area (Å²) in [6.45, 7) is 4.84. The summed E-state index contributed by atoms with van der Waals surface area (Å²) in [5.74, 6) is 1.08. The Morgan fingerprint density at radius 2 is 2.00 bits per heavy atom. The number of rotatable bonds is 4. The lowest BCUT2D eigenvalue weighted by Gasteiger charge is -2.19. The van der Waals surface area contributed by atoms with Gasteiger partial charge in [0, 0.05) is 18.4 Å². The molecule has 4 nitrogen and oxygen atoms in total. The van der Waals surface area contributed by atoms with Crippen LogP contribution in [0.2, 0.25) is 0 Å². The molecule has 0 aromatic carbocycles. The van der Waals surface area contributed by atoms with E-state index in [2.05, 4.69) is 29.1 Å². The van der Waals surface area contributed by atoms with Crippen molar-refractivity contribution >= 4 is 5.95 Å². The fraction of sp³-hybridized carbons (Fsp3) is 0.556. The van der Waals surface area contributed by atoms with E-state index < -0.39 is 0 Å². The maximum atomic E-state index is 5.55. The van der Waals surface area contributed by atoms with E-state index in [4.69, 9.17) is 5.73 Å². The van der Waals surface area contributed by atoms with Gasteiger partial charge in [0.1, 0.15) is 0 Å². The first-order chi connectivity index (χ1) is 6.24. The number of nitrogens with one attached hydrogen (secondary N) is 1. The predicted octanol–water partition coefficient (Wildman–Crippen LogP) is 0.872. The minimum absolute atomic E-state index is 0.299. The molecule has 0 saturated heterocycles. The van der Waals surface area contributed by atoms with Gasteiger partial charge in [-0.3, -0.25) is 0 Å². The Hall–Kier alpha value is -1.16. The topological polar surface area (TPSA) is 63.8 Å². The van der Waals surface area contributed by atoms with E-state index in [1.165, 1.54) is 0 Å². The number of hydrogen-bond donors (Lipinski definition) is 2. The summed E-state index contributed by atoms with van der Waals surface area (Å²) in [5.41, 5.74) is 5.55. The van der Waals surface area contributed by atoms with Crippen molar-refractivity contribution in [2.75, 3.05) is 11.9 Å². The summed E-state index contributed by atoms with van der Waals surface area (Å²) in [6, 6.07) is 2.09. The van der Waals surface area contributed by atoms with Gasteiger partial charge < -0.3 is 11.1 Å². The number of aromatic nitrogens is 2. The Bertz CT molecular complexity index is 237. The molecule has 0 spiro atoms. The molecule has 0 fully saturated rings. The maximum Gasteiger partial charge on any atom is 0.222 e. The normalized spacial score (nSPS) is 15.0. The molecule has 2 unspecified atom stereocenters. The second kappa shape index (κ2) is 4.77. The third-order valence-corrected chi connectivity index (χ3v) is 2.15. The van der Waals surface area contributed by atoms with E-state index >= 15 is 0 Å². The fourth-order valence-electron chi connectivity index (χ4n) is 0.924. The van der Waals surface area contributed by atoms with Crippen molar-refractivity contribution in [3.05, 3.63) is 18.5 Å². The number of anilines is 1. The van der Waals surface area contributed by atoms with Gasteiger partial charge in [-0.05, 0) is 25.5 Å². The molecule has 72 valence electrons. The fourth-order valence-corrected chi connectivity index (χ4v) is 0.924. The Kier molecular flexibility index (Phi) is 3.64. The molecule has 1 heterocycles. The summed E-state index contributed by atoms with van der Waals surface area (Å²) in [6.07, 6.45) is 3.43. The van der Waals surface area contributed by atoms with Gasteiger partial charge >= 0.3 is 0 Å². The molecule has 0 saturated carbocycles. The molecule has 13 heavy (non-hydrogen) atoms. The lowest BCUT2D eigenvalue weighted by molar-refractivity contribution is 0.518. The van der Waals surface area contributed by atoms with Gasteiger partial charge in [-0.2, -0.15) is 0 Å². The van der Waals surface area contributed by atoms with Crippen LogP contribution in [0.4, 0.5) is 5.95 Å². The van der Waals surface area contributed by atoms with Crippen LogP contribution >= 0.6 is 0 Å². The zero-order chi connectivity index (χ0) is 9.68. The highest BCUT2D eigenvalue weighted by molar-refractivity contribution is 5.23. The van der Waals surface area contributed by atoms with Crippen LogP contribution < -0.4 is 11.1 Å². The highest BCUT2D eigenvalue weighted by Crippen LogP contribution is 2.05. The first kappa shape index (κ1) is 9.92. The Labute approximate surface area is 78.6 Å². The highest BCUT2D eigenvalue weighted by atomic mass is 15.1. The van der Waals surface area contributed by atoms with E-state index in [1.807, 2.05) is 0 Å². The molecule has 0 radical (unpaired) electrons. The minimum Gasteiger partial charge on any atom is -0.351 e. The van der Waals surface area contributed by atoms with Crippen LogP contribution in [0.1, 0.15) is 13.8 Å². The second-order valence-electron chi connectivity index (χ2n) is 3.22. The van der Waals surface area contributed by atoms with Crippen molar-refractivity contribution in [3.63, 3.8) is 0 Å². The van der Waals surface area contributed by atoms with Crippen LogP contribution in [0, 0.1) is 5.92 Å². The summed E-state index contributed by atoms with van der Waals surface area (Å²) in [5, 5.41) is 3.19. The monoisotopic (exact) mass is 180 g/mol. The highest BCUT2D eigenvalue weighted by Gasteiger charge is 2.10. The van der Waals surface area contributed by atoms with Crippen LogP contribution in [-0.2, 0) is 0 Å². The van der Waals surface area contributed by atoms with E-state index in [0.29, 0.717) is 24.5 Å². The molecule has 0 amide bonds. The molecule has 4 heteroatoms. The summed E-state index contributed by atoms with van der Waals surface area (Å²) >= 11 is 0. The van der Waals surface area contributed by atoms with Crippen molar-refractivity contribution in [1.29, 1.82) is 0 Å². The largest absolute Gasteiger partial charge is 0.351 e. The van der Waals surface area contributed by atoms with E-state index in [-0.39, 0.29) is 0 Å². The van der Waals surface area contributed by atoms with Gasteiger partial charge in [0.05, 0.1) is 0 Å². The van der Waals surface area contributed by atoms with Gasteiger partial charge in [0.2, 0.25) is 5.95 Å². The van der Waals surface area contributed by atoms with Crippen LogP contribution in [0.15, 0.2) is 18.5 Å². The SMILES string of the molecule is CC(CN)C(C)Nc1ncccn1. The van der Waals surface area contributed by atoms with Gasteiger partial charge in [0.25, 0.3) is 0 Å². The first-order valence-corrected chi connectivity index (χ1v) is 4.47. The molecule has 0 bridgehead atoms. The van der Waals surface area contributed by atoms with E-state index in [0.717, 1.165) is 0 Å². The average Bonchev–Trinajstić information content (AvgIpc) is 2.18. The zero-order valence-corrected chi connectivity index (χ0v) is 8.07. The van der Waals surface area contributed by atoms with E-state index in [1.54, 1.807) is 18.5 Å². The molecule has 2 atom stereocenters. The van der Waals surface area contributed by atoms with Gasteiger partial charge in [-0.25, -0.2) is 9.97 Å². The molecular weight excluding hydrogens is 164 g/mol. The third-order valence-electron chi connectivity index (χ3n) is 2.15. The van der Waals surface area contributed by atoms with Crippen molar-refractivity contribution in [1.82, 2.24) is 9.97 Å². The predicted molar refractivity (Wildman–Crippen MR) is 53.3 cm³/mol. The van der Waals surface area contributed by atoms with Crippen molar-refractivity contribution in [2.24, 2.45) is 11.7 Å². The lowest BCUT2D eigenvalue weighted by Crippen LogP contribution is -2.30. The van der Waals surface area contributed by atoms with Crippen molar-refractivity contribution < 1.29 is 0 Å². The summed E-state index contributed by atoms with van der Waals surface area (Å²) in [4.78, 5) is 8.14. The molecule has 0 aliphatic carbocycles. The molecule has 1 aromatic heterocycles. The molecule has 0 aliphatic rings. The minimum atomic E-state index is 0.299. The molecular formula is C9H16N4. The van der Waals surface area contributed by atoms with E-state index in [9.17, 15) is 0 Å². The van der Waals surface area contributed by atoms with Crippen molar-refractivity contribution in [2.45, 2.75) is 19.9 Å². The van der Waals surface area contributed by atoms with Crippen LogP contribution in [0.25, 0.3) is 0 Å². The Morgan fingerprint density at radius 3 is 2.54 bits per heavy atom. The quantitative estimate of drug-likeness (QED) is 0.721. The number of nitrogens with two attached hydrogens (primary N) is 1. The number of nitrogens with zero attached hydrogens (tertiary/aromatic N) is 2. The molecule has 3 N–H and O–H groups in total. The molecule has 1 aromatic rings. The smallest absolute Gasteiger partial charge is 0.222 e. The Balaban J connectivity index is 2.50. The molecule has 1 rings (SSSR count). The Morgan fingerprint density at radius 1 is 1.38 bits per heavy atom. The second-order valence-corrected chi connectivity index (χ2v) is 3.22. The van der Waals surface area contributed by atoms with Crippen LogP contribution in [0.5, 0.6) is 0 Å². The third kappa shape index (κ3) is 2.99. The summed E-state index contributed by atoms with van der Waals surface area (Å²) in [7, 11) is 0. The van der Waals surface area contributed by atoms with Gasteiger partial charge in [-0.1, -0.05) is 6.92 Å². The summed E-state index contributed by atoms with van der Waals surface area (Å²) < 4.78 is 0. The van der Waals surface area contributed by atoms with Gasteiger partial charge in [0.15, 0.2) is 0 Å². The zero-order valence-electron chi connectivity index (χ0n) is 8.07. The van der Waals surface area contributed by atoms with Crippen LogP contribution in [-0.4, -0.2) is 22.6 Å². The van der Waals surface area contributed by atoms with Gasteiger partial charge in [-0.15, -0.1) is 0 Å². The van der Waals surface area contributed by atoms with Crippen LogP contribution in [0.3, 0.4) is 0 Å². The number of hydrogen-bond acceptors (Lipinski definition) is 4. The standard InChI is InChI=1S/C9H16N4/c1-7(6-10)8(2)13-9-11-4-3-5-12-9/h3-5,7-8H,6,10H2,1-2H3,(H,11,12,13). The van der Waals surface area contributed by atoms with Crippen molar-refractivity contribution in [3.8, 4) is 0 Å².